The van der Waals surface area contributed by atoms with E-state index in [9.17, 15) is 9.59 Å². The molecule has 0 radical (unpaired) electrons. The van der Waals surface area contributed by atoms with E-state index in [1.165, 1.54) is 17.3 Å². The van der Waals surface area contributed by atoms with Crippen LogP contribution in [0.5, 0.6) is 0 Å². The minimum Gasteiger partial charge on any atom is -0.445 e. The van der Waals surface area contributed by atoms with Crippen LogP contribution in [0.15, 0.2) is 59.9 Å². The Bertz CT molecular complexity index is 734. The molecular weight excluding hydrogens is 368 g/mol. The fourth-order valence-corrected chi connectivity index (χ4v) is 2.77. The number of hydrogen-bond donors (Lipinski definition) is 2. The summed E-state index contributed by atoms with van der Waals surface area (Å²) in [6, 6.07) is 8.82. The van der Waals surface area contributed by atoms with Gasteiger partial charge in [0.1, 0.15) is 17.8 Å². The predicted molar refractivity (Wildman–Crippen MR) is 105 cm³/mol. The Morgan fingerprint density at radius 1 is 1.41 bits per heavy atom. The van der Waals surface area contributed by atoms with Crippen LogP contribution in [0.2, 0.25) is 0 Å². The minimum atomic E-state index is -0.569. The molecule has 0 bridgehead atoms. The number of rotatable bonds is 7. The van der Waals surface area contributed by atoms with Gasteiger partial charge >= 0.3 is 6.09 Å². The predicted octanol–water partition coefficient (Wildman–Crippen LogP) is 2.53. The maximum atomic E-state index is 12.5. The van der Waals surface area contributed by atoms with Crippen molar-refractivity contribution in [3.8, 4) is 0 Å². The molecule has 2 amide bonds. The molecule has 3 N–H and O–H groups in total. The van der Waals surface area contributed by atoms with E-state index >= 15 is 0 Å². The zero-order valence-corrected chi connectivity index (χ0v) is 15.7. The van der Waals surface area contributed by atoms with Gasteiger partial charge in [0.25, 0.3) is 0 Å². The number of nitrogens with two attached hydrogens (primary N) is 1. The molecule has 0 aliphatic carbocycles. The number of nitrogens with zero attached hydrogens (tertiary/aromatic N) is 2. The molecule has 0 saturated carbocycles. The molecular formula is C19H23ClN4O3. The third-order valence-electron chi connectivity index (χ3n) is 4.04. The van der Waals surface area contributed by atoms with Crippen molar-refractivity contribution in [2.45, 2.75) is 25.5 Å². The van der Waals surface area contributed by atoms with E-state index in [-0.39, 0.29) is 24.2 Å². The molecule has 8 heteroatoms. The molecule has 1 heterocycles. The van der Waals surface area contributed by atoms with Gasteiger partial charge in [0, 0.05) is 31.1 Å². The lowest BCUT2D eigenvalue weighted by Gasteiger charge is -2.23. The summed E-state index contributed by atoms with van der Waals surface area (Å²) >= 11 is 5.94. The van der Waals surface area contributed by atoms with Gasteiger partial charge in [-0.05, 0) is 18.4 Å². The third-order valence-corrected chi connectivity index (χ3v) is 4.40. The summed E-state index contributed by atoms with van der Waals surface area (Å²) in [5.74, 6) is -0.274. The number of nitrogens with one attached hydrogen (secondary N) is 1. The summed E-state index contributed by atoms with van der Waals surface area (Å²) in [5.41, 5.74) is 6.53. The molecule has 1 fully saturated rings. The average molecular weight is 391 g/mol. The van der Waals surface area contributed by atoms with Crippen LogP contribution < -0.4 is 11.1 Å². The lowest BCUT2D eigenvalue weighted by molar-refractivity contribution is -0.124. The van der Waals surface area contributed by atoms with E-state index in [0.717, 1.165) is 12.0 Å². The van der Waals surface area contributed by atoms with Crippen molar-refractivity contribution in [1.82, 2.24) is 10.2 Å². The SMILES string of the molecule is C=C(CNC(=O)C1CCCN1C(=O)OCc1ccccc1)C(Cl)=N/C=C\N. The van der Waals surface area contributed by atoms with Crippen LogP contribution in [0.4, 0.5) is 4.79 Å². The van der Waals surface area contributed by atoms with Crippen molar-refractivity contribution in [1.29, 1.82) is 0 Å². The molecule has 1 aromatic carbocycles. The first kappa shape index (κ1) is 20.5. The molecule has 0 spiro atoms. The molecule has 1 aromatic rings. The van der Waals surface area contributed by atoms with Gasteiger partial charge in [-0.15, -0.1) is 0 Å². The van der Waals surface area contributed by atoms with Crippen LogP contribution in [-0.4, -0.2) is 41.2 Å². The Balaban J connectivity index is 1.86. The van der Waals surface area contributed by atoms with Crippen LogP contribution in [0.1, 0.15) is 18.4 Å². The Morgan fingerprint density at radius 3 is 2.85 bits per heavy atom. The quantitative estimate of drug-likeness (QED) is 0.699. The maximum absolute atomic E-state index is 12.5. The summed E-state index contributed by atoms with van der Waals surface area (Å²) in [4.78, 5) is 30.1. The molecule has 1 unspecified atom stereocenters. The number of hydrogen-bond acceptors (Lipinski definition) is 5. The molecule has 1 aliphatic rings. The third kappa shape index (κ3) is 6.14. The number of benzene rings is 1. The van der Waals surface area contributed by atoms with E-state index in [4.69, 9.17) is 22.1 Å². The molecule has 1 saturated heterocycles. The number of ether oxygens (including phenoxy) is 1. The fourth-order valence-electron chi connectivity index (χ4n) is 2.64. The van der Waals surface area contributed by atoms with Crippen LogP contribution in [-0.2, 0) is 16.1 Å². The number of amides is 2. The summed E-state index contributed by atoms with van der Waals surface area (Å²) < 4.78 is 5.33. The van der Waals surface area contributed by atoms with Gasteiger partial charge in [0.2, 0.25) is 5.91 Å². The van der Waals surface area contributed by atoms with E-state index < -0.39 is 12.1 Å². The van der Waals surface area contributed by atoms with Gasteiger partial charge in [-0.3, -0.25) is 9.69 Å². The van der Waals surface area contributed by atoms with E-state index in [2.05, 4.69) is 16.9 Å². The van der Waals surface area contributed by atoms with Crippen molar-refractivity contribution < 1.29 is 14.3 Å². The number of aliphatic imine (C=N–C) groups is 1. The highest BCUT2D eigenvalue weighted by Gasteiger charge is 2.35. The highest BCUT2D eigenvalue weighted by Crippen LogP contribution is 2.19. The van der Waals surface area contributed by atoms with Gasteiger partial charge in [0.05, 0.1) is 0 Å². The molecule has 1 atom stereocenters. The number of carbonyl (C=O) groups is 2. The van der Waals surface area contributed by atoms with Crippen molar-refractivity contribution in [3.05, 3.63) is 60.4 Å². The second kappa shape index (κ2) is 10.4. The zero-order chi connectivity index (χ0) is 19.6. The zero-order valence-electron chi connectivity index (χ0n) is 14.9. The average Bonchev–Trinajstić information content (AvgIpc) is 3.19. The molecule has 0 aromatic heterocycles. The second-order valence-corrected chi connectivity index (χ2v) is 6.33. The molecule has 7 nitrogen and oxygen atoms in total. The van der Waals surface area contributed by atoms with E-state index in [1.54, 1.807) is 0 Å². The van der Waals surface area contributed by atoms with Gasteiger partial charge in [-0.2, -0.15) is 0 Å². The monoisotopic (exact) mass is 390 g/mol. The van der Waals surface area contributed by atoms with Gasteiger partial charge < -0.3 is 15.8 Å². The fraction of sp³-hybridized carbons (Fsp3) is 0.316. The summed E-state index contributed by atoms with van der Waals surface area (Å²) in [6.07, 6.45) is 3.39. The van der Waals surface area contributed by atoms with Crippen molar-refractivity contribution in [2.75, 3.05) is 13.1 Å². The molecule has 144 valence electrons. The standard InChI is InChI=1S/C19H23ClN4O3/c1-14(17(20)22-10-9-21)12-23-18(25)16-8-5-11-24(16)19(26)27-13-15-6-3-2-4-7-15/h2-4,6-7,9-10,16H,1,5,8,11-13,21H2,(H,23,25)/b10-9-,22-17?. The Hall–Kier alpha value is -2.80. The molecule has 1 aliphatic heterocycles. The normalized spacial score (nSPS) is 17.1. The maximum Gasteiger partial charge on any atom is 0.410 e. The van der Waals surface area contributed by atoms with Gasteiger partial charge in [-0.1, -0.05) is 48.5 Å². The van der Waals surface area contributed by atoms with Crippen molar-refractivity contribution >= 4 is 28.8 Å². The lowest BCUT2D eigenvalue weighted by atomic mass is 10.2. The minimum absolute atomic E-state index is 0.128. The van der Waals surface area contributed by atoms with E-state index in [0.29, 0.717) is 18.5 Å². The van der Waals surface area contributed by atoms with Crippen LogP contribution >= 0.6 is 11.6 Å². The largest absolute Gasteiger partial charge is 0.445 e. The number of carbonyl (C=O) groups excluding carboxylic acids is 2. The smallest absolute Gasteiger partial charge is 0.410 e. The first-order valence-electron chi connectivity index (χ1n) is 8.56. The summed E-state index contributed by atoms with van der Waals surface area (Å²) in [5, 5.41) is 2.89. The molecule has 27 heavy (non-hydrogen) atoms. The Morgan fingerprint density at radius 2 is 2.15 bits per heavy atom. The van der Waals surface area contributed by atoms with Crippen LogP contribution in [0, 0.1) is 0 Å². The highest BCUT2D eigenvalue weighted by atomic mass is 35.5. The highest BCUT2D eigenvalue weighted by molar-refractivity contribution is 6.69. The Kier molecular flexibility index (Phi) is 7.88. The Labute approximate surface area is 163 Å². The summed E-state index contributed by atoms with van der Waals surface area (Å²) in [6.45, 7) is 4.54. The van der Waals surface area contributed by atoms with Gasteiger partial charge in [-0.25, -0.2) is 9.79 Å². The number of likely N-dealkylation sites (tertiary alicyclic amines) is 1. The topological polar surface area (TPSA) is 97.0 Å². The summed E-state index contributed by atoms with van der Waals surface area (Å²) in [7, 11) is 0. The van der Waals surface area contributed by atoms with Crippen LogP contribution in [0.3, 0.4) is 0 Å². The molecule has 2 rings (SSSR count). The first-order valence-corrected chi connectivity index (χ1v) is 8.94. The van der Waals surface area contributed by atoms with Gasteiger partial charge in [0.15, 0.2) is 0 Å². The number of halogens is 1. The first-order chi connectivity index (χ1) is 13.0. The van der Waals surface area contributed by atoms with Crippen molar-refractivity contribution in [3.63, 3.8) is 0 Å². The lowest BCUT2D eigenvalue weighted by Crippen LogP contribution is -2.46. The van der Waals surface area contributed by atoms with Crippen LogP contribution in [0.25, 0.3) is 0 Å². The second-order valence-electron chi connectivity index (χ2n) is 5.97. The van der Waals surface area contributed by atoms with E-state index in [1.807, 2.05) is 30.3 Å². The van der Waals surface area contributed by atoms with Crippen molar-refractivity contribution in [2.24, 2.45) is 10.7 Å².